The topological polar surface area (TPSA) is 134 Å². The van der Waals surface area contributed by atoms with Crippen LogP contribution in [-0.4, -0.2) is 48.1 Å². The van der Waals surface area contributed by atoms with Gasteiger partial charge in [0, 0.05) is 36.0 Å². The zero-order valence-electron chi connectivity index (χ0n) is 16.4. The number of nitrogens with zero attached hydrogens (tertiary/aromatic N) is 4. The Morgan fingerprint density at radius 1 is 1.39 bits per heavy atom. The van der Waals surface area contributed by atoms with Crippen molar-refractivity contribution in [3.8, 4) is 0 Å². The Morgan fingerprint density at radius 2 is 2.16 bits per heavy atom. The summed E-state index contributed by atoms with van der Waals surface area (Å²) in [5.74, 6) is -2.67. The number of nitro groups is 1. The van der Waals surface area contributed by atoms with Gasteiger partial charge in [0.15, 0.2) is 5.69 Å². The van der Waals surface area contributed by atoms with Crippen LogP contribution in [0, 0.1) is 15.9 Å². The van der Waals surface area contributed by atoms with E-state index in [1.807, 2.05) is 6.92 Å². The van der Waals surface area contributed by atoms with Crippen molar-refractivity contribution in [3.05, 3.63) is 80.7 Å². The van der Waals surface area contributed by atoms with E-state index in [0.717, 1.165) is 12.1 Å². The molecule has 2 N–H and O–H groups in total. The minimum atomic E-state index is -1.23. The molecule has 11 heteroatoms. The van der Waals surface area contributed by atoms with E-state index in [1.165, 1.54) is 10.7 Å². The minimum absolute atomic E-state index is 0.0334. The number of fused-ring (bicyclic) bond motifs is 1. The average Bonchev–Trinajstić information content (AvgIpc) is 3.37. The monoisotopic (exact) mass is 427 g/mol. The summed E-state index contributed by atoms with van der Waals surface area (Å²) >= 11 is 0. The predicted molar refractivity (Wildman–Crippen MR) is 105 cm³/mol. The Bertz CT molecular complexity index is 1190. The molecule has 3 heterocycles. The average molecular weight is 427 g/mol. The number of rotatable bonds is 5. The van der Waals surface area contributed by atoms with Crippen molar-refractivity contribution < 1.29 is 24.0 Å². The summed E-state index contributed by atoms with van der Waals surface area (Å²) in [6, 6.07) is 6.85. The maximum atomic E-state index is 13.7. The number of carbonyl (C=O) groups excluding carboxylic acids is 1. The summed E-state index contributed by atoms with van der Waals surface area (Å²) < 4.78 is 15.1. The molecule has 0 spiro atoms. The summed E-state index contributed by atoms with van der Waals surface area (Å²) in [7, 11) is 0. The highest BCUT2D eigenvalue weighted by molar-refractivity contribution is 5.93. The van der Waals surface area contributed by atoms with Gasteiger partial charge in [0.1, 0.15) is 5.69 Å². The smallest absolute Gasteiger partial charge is 0.356 e. The lowest BCUT2D eigenvalue weighted by Crippen LogP contribution is -2.38. The van der Waals surface area contributed by atoms with Gasteiger partial charge in [-0.2, -0.15) is 9.49 Å². The van der Waals surface area contributed by atoms with Crippen LogP contribution in [0.3, 0.4) is 0 Å². The number of benzene rings is 1. The van der Waals surface area contributed by atoms with Gasteiger partial charge < -0.3 is 15.0 Å². The van der Waals surface area contributed by atoms with Gasteiger partial charge in [-0.3, -0.25) is 19.6 Å². The Balaban J connectivity index is 1.71. The SMILES string of the molecule is CC1CN(C(=O)c2ccc[nH]2)Cc2c(C(=O)O)nn(Cc3ccc(F)c([N+](=O)[O-])c3)c21. The summed E-state index contributed by atoms with van der Waals surface area (Å²) in [4.78, 5) is 39.2. The number of aromatic carboxylic acids is 1. The second-order valence-electron chi connectivity index (χ2n) is 7.39. The number of hydrogen-bond donors (Lipinski definition) is 2. The predicted octanol–water partition coefficient (Wildman–Crippen LogP) is 2.76. The van der Waals surface area contributed by atoms with Crippen LogP contribution < -0.4 is 0 Å². The lowest BCUT2D eigenvalue weighted by atomic mass is 9.95. The fourth-order valence-corrected chi connectivity index (χ4v) is 3.94. The number of aromatic amines is 1. The molecule has 0 bridgehead atoms. The number of nitro benzene ring substituents is 1. The quantitative estimate of drug-likeness (QED) is 0.475. The first kappa shape index (κ1) is 20.3. The fraction of sp³-hybridized carbons (Fsp3) is 0.250. The van der Waals surface area contributed by atoms with Crippen LogP contribution in [0.4, 0.5) is 10.1 Å². The van der Waals surface area contributed by atoms with E-state index in [2.05, 4.69) is 10.1 Å². The number of carboxylic acid groups (broad SMARTS) is 1. The van der Waals surface area contributed by atoms with Crippen molar-refractivity contribution in [2.75, 3.05) is 6.54 Å². The van der Waals surface area contributed by atoms with Gasteiger partial charge in [0.2, 0.25) is 5.82 Å². The Labute approximate surface area is 175 Å². The fourth-order valence-electron chi connectivity index (χ4n) is 3.94. The number of carbonyl (C=O) groups is 2. The second-order valence-corrected chi connectivity index (χ2v) is 7.39. The molecule has 0 aliphatic carbocycles. The number of amides is 1. The molecule has 160 valence electrons. The first-order chi connectivity index (χ1) is 14.8. The minimum Gasteiger partial charge on any atom is -0.476 e. The van der Waals surface area contributed by atoms with Crippen molar-refractivity contribution in [1.82, 2.24) is 19.7 Å². The highest BCUT2D eigenvalue weighted by Crippen LogP contribution is 2.32. The second kappa shape index (κ2) is 7.67. The van der Waals surface area contributed by atoms with Crippen LogP contribution in [0.1, 0.15) is 50.6 Å². The molecule has 0 radical (unpaired) electrons. The molecule has 1 amide bonds. The molecule has 3 aromatic rings. The standard InChI is InChI=1S/C20H18FN5O5/c1-11-8-24(19(27)15-3-2-6-22-15)10-13-17(20(28)29)23-25(18(11)13)9-12-4-5-14(21)16(7-12)26(30)31/h2-7,11,22H,8-10H2,1H3,(H,28,29). The number of nitrogens with one attached hydrogen (secondary N) is 1. The van der Waals surface area contributed by atoms with E-state index in [4.69, 9.17) is 0 Å². The zero-order valence-corrected chi connectivity index (χ0v) is 16.4. The lowest BCUT2D eigenvalue weighted by molar-refractivity contribution is -0.387. The number of H-pyrrole nitrogens is 1. The summed E-state index contributed by atoms with van der Waals surface area (Å²) in [5, 5.41) is 24.9. The Kier molecular flexibility index (Phi) is 5.01. The number of hydrogen-bond acceptors (Lipinski definition) is 5. The number of halogens is 1. The third kappa shape index (κ3) is 3.65. The molecule has 1 unspecified atom stereocenters. The van der Waals surface area contributed by atoms with Crippen LogP contribution in [0.25, 0.3) is 0 Å². The maximum absolute atomic E-state index is 13.7. The van der Waals surface area contributed by atoms with Gasteiger partial charge in [-0.15, -0.1) is 0 Å². The van der Waals surface area contributed by atoms with E-state index >= 15 is 0 Å². The van der Waals surface area contributed by atoms with Crippen LogP contribution in [0.5, 0.6) is 0 Å². The van der Waals surface area contributed by atoms with Crippen LogP contribution in [-0.2, 0) is 13.1 Å². The Hall–Kier alpha value is -4.02. The molecule has 1 atom stereocenters. The molecule has 0 saturated carbocycles. The molecular weight excluding hydrogens is 409 g/mol. The van der Waals surface area contributed by atoms with E-state index in [9.17, 15) is 29.2 Å². The third-order valence-electron chi connectivity index (χ3n) is 5.26. The highest BCUT2D eigenvalue weighted by Gasteiger charge is 2.34. The number of aromatic nitrogens is 3. The van der Waals surface area contributed by atoms with E-state index < -0.39 is 22.4 Å². The van der Waals surface area contributed by atoms with Crippen molar-refractivity contribution in [2.24, 2.45) is 0 Å². The molecule has 4 rings (SSSR count). The van der Waals surface area contributed by atoms with Gasteiger partial charge in [-0.1, -0.05) is 13.0 Å². The number of carboxylic acids is 1. The van der Waals surface area contributed by atoms with Crippen molar-refractivity contribution >= 4 is 17.6 Å². The normalized spacial score (nSPS) is 15.5. The molecule has 0 saturated heterocycles. The molecule has 1 aliphatic heterocycles. The van der Waals surface area contributed by atoms with Gasteiger partial charge in [-0.25, -0.2) is 4.79 Å². The molecular formula is C20H18FN5O5. The summed E-state index contributed by atoms with van der Waals surface area (Å²) in [5.41, 5.74) is 1.03. The third-order valence-corrected chi connectivity index (χ3v) is 5.26. The Morgan fingerprint density at radius 3 is 2.81 bits per heavy atom. The first-order valence-electron chi connectivity index (χ1n) is 9.44. The largest absolute Gasteiger partial charge is 0.476 e. The van der Waals surface area contributed by atoms with Crippen LogP contribution >= 0.6 is 0 Å². The molecule has 10 nitrogen and oxygen atoms in total. The van der Waals surface area contributed by atoms with Crippen LogP contribution in [0.2, 0.25) is 0 Å². The van der Waals surface area contributed by atoms with Gasteiger partial charge in [0.05, 0.1) is 18.0 Å². The first-order valence-corrected chi connectivity index (χ1v) is 9.44. The van der Waals surface area contributed by atoms with Crippen molar-refractivity contribution in [3.63, 3.8) is 0 Å². The maximum Gasteiger partial charge on any atom is 0.356 e. The highest BCUT2D eigenvalue weighted by atomic mass is 19.1. The zero-order chi connectivity index (χ0) is 22.3. The van der Waals surface area contributed by atoms with Crippen molar-refractivity contribution in [2.45, 2.75) is 25.9 Å². The van der Waals surface area contributed by atoms with Crippen LogP contribution in [0.15, 0.2) is 36.5 Å². The molecule has 0 fully saturated rings. The molecule has 2 aromatic heterocycles. The summed E-state index contributed by atoms with van der Waals surface area (Å²) in [6.45, 7) is 2.30. The van der Waals surface area contributed by atoms with Gasteiger partial charge >= 0.3 is 11.7 Å². The van der Waals surface area contributed by atoms with E-state index in [-0.39, 0.29) is 30.6 Å². The molecule has 1 aromatic carbocycles. The van der Waals surface area contributed by atoms with Gasteiger partial charge in [-0.05, 0) is 23.8 Å². The summed E-state index contributed by atoms with van der Waals surface area (Å²) in [6.07, 6.45) is 1.63. The van der Waals surface area contributed by atoms with Gasteiger partial charge in [0.25, 0.3) is 5.91 Å². The molecule has 1 aliphatic rings. The van der Waals surface area contributed by atoms with Crippen molar-refractivity contribution in [1.29, 1.82) is 0 Å². The van der Waals surface area contributed by atoms with E-state index in [0.29, 0.717) is 29.1 Å². The molecule has 31 heavy (non-hydrogen) atoms. The lowest BCUT2D eigenvalue weighted by Gasteiger charge is -2.31. The van der Waals surface area contributed by atoms with E-state index in [1.54, 1.807) is 23.2 Å².